The molecule has 0 amide bonds. The molecule has 7 rings (SSSR count). The number of aromatic nitrogens is 3. The molecular weight excluding hydrogens is 541 g/mol. The highest BCUT2D eigenvalue weighted by molar-refractivity contribution is 7.16. The van der Waals surface area contributed by atoms with E-state index in [-0.39, 0.29) is 11.3 Å². The summed E-state index contributed by atoms with van der Waals surface area (Å²) in [6.45, 7) is 4.99. The summed E-state index contributed by atoms with van der Waals surface area (Å²) in [5.41, 5.74) is 7.88. The molecule has 0 saturated carbocycles. The van der Waals surface area contributed by atoms with E-state index in [4.69, 9.17) is 15.5 Å². The first kappa shape index (κ1) is 27.9. The van der Waals surface area contributed by atoms with Gasteiger partial charge in [-0.15, -0.1) is 11.3 Å². The number of nitrogen functional groups attached to an aromatic ring is 1. The van der Waals surface area contributed by atoms with Gasteiger partial charge in [0.25, 0.3) is 0 Å². The summed E-state index contributed by atoms with van der Waals surface area (Å²) in [6.07, 6.45) is 8.41. The topological polar surface area (TPSA) is 131 Å². The molecule has 4 unspecified atom stereocenters. The Morgan fingerprint density at radius 1 is 1.02 bits per heavy atom. The fraction of sp³-hybridized carbons (Fsp3) is 0.690. The van der Waals surface area contributed by atoms with E-state index < -0.39 is 6.17 Å². The van der Waals surface area contributed by atoms with Gasteiger partial charge in [0.2, 0.25) is 11.9 Å². The lowest BCUT2D eigenvalue weighted by atomic mass is 9.80. The van der Waals surface area contributed by atoms with Crippen LogP contribution in [0.5, 0.6) is 6.01 Å². The quantitative estimate of drug-likeness (QED) is 0.573. The third-order valence-corrected chi connectivity index (χ3v) is 10.6. The van der Waals surface area contributed by atoms with Crippen LogP contribution in [0.15, 0.2) is 0 Å². The molecule has 2 aromatic rings. The van der Waals surface area contributed by atoms with Gasteiger partial charge < -0.3 is 20.3 Å². The number of nitrogens with zero attached hydrogens (tertiary/aromatic N) is 8. The van der Waals surface area contributed by atoms with Gasteiger partial charge >= 0.3 is 6.01 Å². The van der Waals surface area contributed by atoms with Crippen LogP contribution in [0.1, 0.15) is 67.4 Å². The summed E-state index contributed by atoms with van der Waals surface area (Å²) in [4.78, 5) is 21.7. The molecule has 0 aromatic carbocycles. The number of thiophene rings is 1. The van der Waals surface area contributed by atoms with Crippen LogP contribution in [-0.4, -0.2) is 78.4 Å². The number of aryl methyl sites for hydroxylation is 1. The summed E-state index contributed by atoms with van der Waals surface area (Å²) in [6, 6.07) is 5.65. The lowest BCUT2D eigenvalue weighted by Gasteiger charge is -2.26. The Bertz CT molecular complexity index is 1340. The zero-order valence-electron chi connectivity index (χ0n) is 23.7. The number of fused-ring (bicyclic) bond motifs is 3. The lowest BCUT2D eigenvalue weighted by Crippen LogP contribution is -2.32. The molecule has 2 aromatic heterocycles. The van der Waals surface area contributed by atoms with E-state index in [0.29, 0.717) is 41.1 Å². The van der Waals surface area contributed by atoms with Crippen LogP contribution in [0.25, 0.3) is 0 Å². The van der Waals surface area contributed by atoms with Gasteiger partial charge in [0.15, 0.2) is 0 Å². The second-order valence-electron chi connectivity index (χ2n) is 12.0. The number of alkyl halides is 1. The third kappa shape index (κ3) is 5.40. The summed E-state index contributed by atoms with van der Waals surface area (Å²) < 4.78 is 18.0. The summed E-state index contributed by atoms with van der Waals surface area (Å²) in [5.74, 6) is 1.31. The van der Waals surface area contributed by atoms with E-state index in [1.54, 1.807) is 18.4 Å². The van der Waals surface area contributed by atoms with E-state index in [1.165, 1.54) is 17.7 Å². The lowest BCUT2D eigenvalue weighted by molar-refractivity contribution is 0.292. The fourth-order valence-corrected chi connectivity index (χ4v) is 8.58. The number of nitriles is 2. The Morgan fingerprint density at radius 3 is 2.59 bits per heavy atom. The van der Waals surface area contributed by atoms with Gasteiger partial charge in [-0.05, 0) is 69.9 Å². The van der Waals surface area contributed by atoms with Crippen molar-refractivity contribution in [3.8, 4) is 18.1 Å². The average Bonchev–Trinajstić information content (AvgIpc) is 3.77. The van der Waals surface area contributed by atoms with E-state index in [9.17, 15) is 14.9 Å². The zero-order chi connectivity index (χ0) is 28.6. The van der Waals surface area contributed by atoms with E-state index in [2.05, 4.69) is 36.8 Å². The van der Waals surface area contributed by atoms with Crippen LogP contribution < -0.4 is 20.3 Å². The van der Waals surface area contributed by atoms with E-state index in [1.807, 2.05) is 0 Å². The van der Waals surface area contributed by atoms with Gasteiger partial charge in [-0.2, -0.15) is 25.5 Å². The second-order valence-corrected chi connectivity index (χ2v) is 13.1. The van der Waals surface area contributed by atoms with Gasteiger partial charge in [0.1, 0.15) is 17.2 Å². The van der Waals surface area contributed by atoms with Gasteiger partial charge in [-0.1, -0.05) is 0 Å². The number of methoxy groups -OCH3 is 1. The standard InChI is InChI=1S/C22H26N8OS.C7H12FN/c1-31-21-27-19(29-8-2-3-14(11-23)5-9-29)26-20(28-21)30-10-7-22(13-30)6-4-16-17(22)15(12-24)18(25)32-16;8-6-4-7-2-1-3-9(7)5-6/h14H,2-10,13,25H2,1H3;6-7H,1-5H2. The molecule has 4 fully saturated rings. The molecule has 41 heavy (non-hydrogen) atoms. The third-order valence-electron chi connectivity index (χ3n) is 9.54. The van der Waals surface area contributed by atoms with Crippen LogP contribution in [0.4, 0.5) is 21.3 Å². The average molecular weight is 580 g/mol. The molecular formula is C29H38FN9OS. The first-order valence-corrected chi connectivity index (χ1v) is 15.6. The van der Waals surface area contributed by atoms with Crippen molar-refractivity contribution in [1.82, 2.24) is 19.9 Å². The van der Waals surface area contributed by atoms with E-state index in [0.717, 1.165) is 83.2 Å². The number of hydrogen-bond donors (Lipinski definition) is 1. The maximum absolute atomic E-state index is 12.6. The molecule has 6 heterocycles. The van der Waals surface area contributed by atoms with E-state index >= 15 is 0 Å². The molecule has 12 heteroatoms. The molecule has 1 spiro atoms. The number of nitrogens with two attached hydrogens (primary N) is 1. The summed E-state index contributed by atoms with van der Waals surface area (Å²) >= 11 is 1.56. The Labute approximate surface area is 244 Å². The van der Waals surface area contributed by atoms with Crippen LogP contribution in [0.3, 0.4) is 0 Å². The summed E-state index contributed by atoms with van der Waals surface area (Å²) in [7, 11) is 1.57. The molecule has 0 bridgehead atoms. The smallest absolute Gasteiger partial charge is 0.322 e. The SMILES string of the molecule is COc1nc(N2CCCC(C#N)CC2)nc(N2CCC3(CCc4sc(N)c(C#N)c43)C2)n1.FC1CC2CCCN2C1. The summed E-state index contributed by atoms with van der Waals surface area (Å²) in [5, 5.41) is 19.6. The molecule has 4 aliphatic heterocycles. The Hall–Kier alpha value is -3.22. The molecule has 2 N–H and O–H groups in total. The minimum absolute atomic E-state index is 0.0723. The van der Waals surface area contributed by atoms with Crippen LogP contribution in [0, 0.1) is 28.6 Å². The molecule has 4 atom stereocenters. The molecule has 5 aliphatic rings. The van der Waals surface area contributed by atoms with Crippen molar-refractivity contribution < 1.29 is 9.13 Å². The first-order valence-electron chi connectivity index (χ1n) is 14.8. The molecule has 10 nitrogen and oxygen atoms in total. The number of halogens is 1. The predicted octanol–water partition coefficient (Wildman–Crippen LogP) is 3.81. The maximum Gasteiger partial charge on any atom is 0.322 e. The number of anilines is 3. The minimum atomic E-state index is -0.518. The number of ether oxygens (including phenoxy) is 1. The van der Waals surface area contributed by atoms with Gasteiger partial charge in [0, 0.05) is 55.0 Å². The van der Waals surface area contributed by atoms with Crippen molar-refractivity contribution in [1.29, 1.82) is 10.5 Å². The molecule has 218 valence electrons. The minimum Gasteiger partial charge on any atom is -0.467 e. The monoisotopic (exact) mass is 579 g/mol. The largest absolute Gasteiger partial charge is 0.467 e. The Balaban J connectivity index is 0.000000283. The van der Waals surface area contributed by atoms with Crippen molar-refractivity contribution in [3.63, 3.8) is 0 Å². The molecule has 4 saturated heterocycles. The van der Waals surface area contributed by atoms with Gasteiger partial charge in [0.05, 0.1) is 18.7 Å². The zero-order valence-corrected chi connectivity index (χ0v) is 24.5. The van der Waals surface area contributed by atoms with Crippen molar-refractivity contribution >= 4 is 28.2 Å². The van der Waals surface area contributed by atoms with Crippen molar-refractivity contribution in [3.05, 3.63) is 16.0 Å². The van der Waals surface area contributed by atoms with Crippen molar-refractivity contribution in [2.24, 2.45) is 5.92 Å². The van der Waals surface area contributed by atoms with Gasteiger partial charge in [-0.25, -0.2) is 4.39 Å². The normalized spacial score (nSPS) is 28.9. The highest BCUT2D eigenvalue weighted by Gasteiger charge is 2.48. The van der Waals surface area contributed by atoms with Crippen LogP contribution in [-0.2, 0) is 11.8 Å². The van der Waals surface area contributed by atoms with Crippen LogP contribution in [0.2, 0.25) is 0 Å². The van der Waals surface area contributed by atoms with Crippen molar-refractivity contribution in [2.75, 3.05) is 61.9 Å². The number of hydrogen-bond acceptors (Lipinski definition) is 11. The Kier molecular flexibility index (Phi) is 7.88. The highest BCUT2D eigenvalue weighted by atomic mass is 32.1. The first-order chi connectivity index (χ1) is 19.9. The highest BCUT2D eigenvalue weighted by Crippen LogP contribution is 2.52. The fourth-order valence-electron chi connectivity index (χ4n) is 7.44. The maximum atomic E-state index is 12.6. The van der Waals surface area contributed by atoms with Crippen molar-refractivity contribution in [2.45, 2.75) is 75.4 Å². The predicted molar refractivity (Wildman–Crippen MR) is 156 cm³/mol. The second kappa shape index (κ2) is 11.6. The molecule has 1 aliphatic carbocycles. The van der Waals surface area contributed by atoms with Crippen LogP contribution >= 0.6 is 11.3 Å². The molecule has 0 radical (unpaired) electrons. The number of rotatable bonds is 3. The Morgan fingerprint density at radius 2 is 1.83 bits per heavy atom. The van der Waals surface area contributed by atoms with Gasteiger partial charge in [-0.3, -0.25) is 4.90 Å².